The smallest absolute Gasteiger partial charge is 0.309 e. The number of hydrogen-bond acceptors (Lipinski definition) is 5. The van der Waals surface area contributed by atoms with Crippen molar-refractivity contribution in [2.45, 2.75) is 30.9 Å². The van der Waals surface area contributed by atoms with Crippen molar-refractivity contribution in [3.8, 4) is 0 Å². The van der Waals surface area contributed by atoms with Crippen LogP contribution in [-0.2, 0) is 24.3 Å². The summed E-state index contributed by atoms with van der Waals surface area (Å²) in [7, 11) is -4.41. The van der Waals surface area contributed by atoms with Crippen LogP contribution in [0.4, 0.5) is 8.78 Å². The molecule has 0 unspecified atom stereocenters. The van der Waals surface area contributed by atoms with E-state index in [-0.39, 0.29) is 19.7 Å². The van der Waals surface area contributed by atoms with Gasteiger partial charge in [-0.3, -0.25) is 9.59 Å². The van der Waals surface area contributed by atoms with Gasteiger partial charge in [-0.25, -0.2) is 17.2 Å². The highest BCUT2D eigenvalue weighted by Gasteiger charge is 2.36. The standard InChI is InChI=1S/C16H21F2N3O5S/c1-2-6-19-15(22)16(23)20-10-14-21(7-3-8-26-14)27(24,25)13-9-11(17)4-5-12(13)18/h4-5,9,14H,2-3,6-8,10H2,1H3,(H,19,22)(H,20,23)/t14-/m1/s1. The molecule has 2 rings (SSSR count). The minimum absolute atomic E-state index is 0.000848. The number of rotatable bonds is 6. The zero-order valence-electron chi connectivity index (χ0n) is 14.7. The summed E-state index contributed by atoms with van der Waals surface area (Å²) in [5.41, 5.74) is 0. The van der Waals surface area contributed by atoms with E-state index in [1.165, 1.54) is 0 Å². The molecule has 0 aliphatic carbocycles. The van der Waals surface area contributed by atoms with Crippen molar-refractivity contribution in [3.63, 3.8) is 0 Å². The zero-order chi connectivity index (χ0) is 20.0. The first-order valence-electron chi connectivity index (χ1n) is 8.42. The summed E-state index contributed by atoms with van der Waals surface area (Å²) in [6.45, 7) is 2.06. The van der Waals surface area contributed by atoms with E-state index < -0.39 is 44.6 Å². The van der Waals surface area contributed by atoms with Crippen LogP contribution in [0.3, 0.4) is 0 Å². The van der Waals surface area contributed by atoms with Gasteiger partial charge in [0.05, 0.1) is 13.2 Å². The lowest BCUT2D eigenvalue weighted by atomic mass is 10.3. The number of sulfonamides is 1. The van der Waals surface area contributed by atoms with Gasteiger partial charge in [-0.2, -0.15) is 4.31 Å². The van der Waals surface area contributed by atoms with Crippen molar-refractivity contribution in [1.82, 2.24) is 14.9 Å². The Balaban J connectivity index is 2.13. The number of carbonyl (C=O) groups is 2. The van der Waals surface area contributed by atoms with Gasteiger partial charge < -0.3 is 15.4 Å². The van der Waals surface area contributed by atoms with Gasteiger partial charge in [0.2, 0.25) is 10.0 Å². The molecule has 1 fully saturated rings. The van der Waals surface area contributed by atoms with Crippen molar-refractivity contribution in [2.24, 2.45) is 0 Å². The molecular weight excluding hydrogens is 384 g/mol. The van der Waals surface area contributed by atoms with Crippen LogP contribution in [0.1, 0.15) is 19.8 Å². The fourth-order valence-electron chi connectivity index (χ4n) is 2.48. The normalized spacial score (nSPS) is 18.1. The van der Waals surface area contributed by atoms with E-state index in [1.54, 1.807) is 0 Å². The van der Waals surface area contributed by atoms with Crippen LogP contribution in [0.5, 0.6) is 0 Å². The summed E-state index contributed by atoms with van der Waals surface area (Å²) in [6, 6.07) is 2.13. The topological polar surface area (TPSA) is 105 Å². The Morgan fingerprint density at radius 1 is 1.26 bits per heavy atom. The SMILES string of the molecule is CCCNC(=O)C(=O)NC[C@H]1OCCCN1S(=O)(=O)c1cc(F)ccc1F. The van der Waals surface area contributed by atoms with Crippen molar-refractivity contribution in [2.75, 3.05) is 26.2 Å². The Hall–Kier alpha value is -2.11. The number of nitrogens with one attached hydrogen (secondary N) is 2. The van der Waals surface area contributed by atoms with Gasteiger partial charge in [0, 0.05) is 13.1 Å². The molecule has 0 bridgehead atoms. The Labute approximate surface area is 155 Å². The third kappa shape index (κ3) is 5.21. The zero-order valence-corrected chi connectivity index (χ0v) is 15.5. The molecule has 1 aliphatic heterocycles. The first kappa shape index (κ1) is 21.2. The number of halogens is 2. The van der Waals surface area contributed by atoms with Crippen molar-refractivity contribution in [3.05, 3.63) is 29.8 Å². The van der Waals surface area contributed by atoms with E-state index in [9.17, 15) is 26.8 Å². The number of amides is 2. The second-order valence-electron chi connectivity index (χ2n) is 5.84. The molecule has 0 radical (unpaired) electrons. The molecule has 150 valence electrons. The number of carbonyl (C=O) groups excluding carboxylic acids is 2. The van der Waals surface area contributed by atoms with Crippen LogP contribution >= 0.6 is 0 Å². The van der Waals surface area contributed by atoms with Gasteiger partial charge >= 0.3 is 11.8 Å². The van der Waals surface area contributed by atoms with E-state index >= 15 is 0 Å². The highest BCUT2D eigenvalue weighted by atomic mass is 32.2. The Kier molecular flexibility index (Phi) is 7.22. The van der Waals surface area contributed by atoms with Crippen LogP contribution in [0.2, 0.25) is 0 Å². The van der Waals surface area contributed by atoms with Crippen LogP contribution in [0.15, 0.2) is 23.1 Å². The van der Waals surface area contributed by atoms with Gasteiger partial charge in [0.15, 0.2) is 0 Å². The van der Waals surface area contributed by atoms with Crippen molar-refractivity contribution < 1.29 is 31.5 Å². The van der Waals surface area contributed by atoms with Crippen LogP contribution in [-0.4, -0.2) is 57.0 Å². The monoisotopic (exact) mass is 405 g/mol. The minimum atomic E-state index is -4.41. The Morgan fingerprint density at radius 2 is 1.96 bits per heavy atom. The molecule has 0 spiro atoms. The summed E-state index contributed by atoms with van der Waals surface area (Å²) >= 11 is 0. The molecule has 8 nitrogen and oxygen atoms in total. The van der Waals surface area contributed by atoms with Crippen LogP contribution < -0.4 is 10.6 Å². The molecule has 1 aromatic carbocycles. The first-order valence-corrected chi connectivity index (χ1v) is 9.86. The molecule has 0 aromatic heterocycles. The van der Waals surface area contributed by atoms with Gasteiger partial charge in [-0.05, 0) is 31.0 Å². The van der Waals surface area contributed by atoms with Crippen molar-refractivity contribution >= 4 is 21.8 Å². The second kappa shape index (κ2) is 9.20. The minimum Gasteiger partial charge on any atom is -0.360 e. The fourth-order valence-corrected chi connectivity index (χ4v) is 4.13. The van der Waals surface area contributed by atoms with Crippen molar-refractivity contribution in [1.29, 1.82) is 0 Å². The lowest BCUT2D eigenvalue weighted by Crippen LogP contribution is -2.53. The van der Waals surface area contributed by atoms with Gasteiger partial charge in [-0.1, -0.05) is 6.92 Å². The maximum absolute atomic E-state index is 13.9. The van der Waals surface area contributed by atoms with E-state index in [0.29, 0.717) is 25.5 Å². The average molecular weight is 405 g/mol. The summed E-state index contributed by atoms with van der Waals surface area (Å²) in [4.78, 5) is 22.5. The molecule has 2 N–H and O–H groups in total. The van der Waals surface area contributed by atoms with E-state index in [1.807, 2.05) is 6.92 Å². The lowest BCUT2D eigenvalue weighted by Gasteiger charge is -2.34. The molecule has 2 amide bonds. The van der Waals surface area contributed by atoms with E-state index in [4.69, 9.17) is 4.74 Å². The molecule has 1 aromatic rings. The molecule has 0 saturated carbocycles. The molecule has 1 heterocycles. The first-order chi connectivity index (χ1) is 12.8. The molecule has 11 heteroatoms. The lowest BCUT2D eigenvalue weighted by molar-refractivity contribution is -0.140. The maximum Gasteiger partial charge on any atom is 0.309 e. The highest BCUT2D eigenvalue weighted by Crippen LogP contribution is 2.24. The predicted molar refractivity (Wildman–Crippen MR) is 90.9 cm³/mol. The van der Waals surface area contributed by atoms with Crippen LogP contribution in [0.25, 0.3) is 0 Å². The summed E-state index contributed by atoms with van der Waals surface area (Å²) in [5, 5.41) is 4.68. The molecule has 1 saturated heterocycles. The van der Waals surface area contributed by atoms with Gasteiger partial charge in [0.25, 0.3) is 0 Å². The largest absolute Gasteiger partial charge is 0.360 e. The summed E-state index contributed by atoms with van der Waals surface area (Å²) in [5.74, 6) is -3.78. The van der Waals surface area contributed by atoms with Gasteiger partial charge in [0.1, 0.15) is 22.8 Å². The highest BCUT2D eigenvalue weighted by molar-refractivity contribution is 7.89. The third-order valence-electron chi connectivity index (χ3n) is 3.81. The number of benzene rings is 1. The second-order valence-corrected chi connectivity index (χ2v) is 7.69. The molecular formula is C16H21F2N3O5S. The maximum atomic E-state index is 13.9. The average Bonchev–Trinajstić information content (AvgIpc) is 2.66. The van der Waals surface area contributed by atoms with Gasteiger partial charge in [-0.15, -0.1) is 0 Å². The fraction of sp³-hybridized carbons (Fsp3) is 0.500. The Bertz CT molecular complexity index is 803. The summed E-state index contributed by atoms with van der Waals surface area (Å²) in [6.07, 6.45) is -0.151. The number of ether oxygens (including phenoxy) is 1. The quantitative estimate of drug-likeness (QED) is 0.665. The molecule has 1 aliphatic rings. The predicted octanol–water partition coefficient (Wildman–Crippen LogP) is 0.344. The van der Waals surface area contributed by atoms with Crippen LogP contribution in [0, 0.1) is 11.6 Å². The molecule has 1 atom stereocenters. The Morgan fingerprint density at radius 3 is 2.67 bits per heavy atom. The summed E-state index contributed by atoms with van der Waals surface area (Å²) < 4.78 is 59.0. The number of hydrogen-bond donors (Lipinski definition) is 2. The van der Waals surface area contributed by atoms with E-state index in [0.717, 1.165) is 16.4 Å². The number of nitrogens with zero attached hydrogens (tertiary/aromatic N) is 1. The third-order valence-corrected chi connectivity index (χ3v) is 5.72. The van der Waals surface area contributed by atoms with E-state index in [2.05, 4.69) is 10.6 Å². The molecule has 27 heavy (non-hydrogen) atoms.